The summed E-state index contributed by atoms with van der Waals surface area (Å²) in [7, 11) is 3.70. The lowest BCUT2D eigenvalue weighted by atomic mass is 9.85. The van der Waals surface area contributed by atoms with Crippen molar-refractivity contribution in [3.63, 3.8) is 0 Å². The Morgan fingerprint density at radius 1 is 1.12 bits per heavy atom. The standard InChI is InChI=1S/C19H39N5O.HI/c1-7-20-18(21-14-16(4)24(8-2)9-3)22-15-19(12-10-11-13-19)17(25)23(5)6;/h16H,7-15H2,1-6H3,(H2,20,21,22);1H. The lowest BCUT2D eigenvalue weighted by molar-refractivity contribution is -0.138. The Morgan fingerprint density at radius 3 is 2.15 bits per heavy atom. The van der Waals surface area contributed by atoms with Crippen LogP contribution < -0.4 is 10.6 Å². The molecule has 7 heteroatoms. The lowest BCUT2D eigenvalue weighted by Crippen LogP contribution is -2.47. The molecule has 1 aliphatic rings. The highest BCUT2D eigenvalue weighted by Crippen LogP contribution is 2.39. The third-order valence-corrected chi connectivity index (χ3v) is 5.31. The first-order valence-corrected chi connectivity index (χ1v) is 9.88. The molecular weight excluding hydrogens is 441 g/mol. The molecule has 0 aliphatic heterocycles. The van der Waals surface area contributed by atoms with Gasteiger partial charge in [-0.15, -0.1) is 24.0 Å². The van der Waals surface area contributed by atoms with Crippen LogP contribution in [0, 0.1) is 5.41 Å². The van der Waals surface area contributed by atoms with E-state index in [0.29, 0.717) is 12.6 Å². The van der Waals surface area contributed by atoms with Gasteiger partial charge in [-0.25, -0.2) is 0 Å². The molecule has 0 radical (unpaired) electrons. The van der Waals surface area contributed by atoms with Crippen LogP contribution in [0.4, 0.5) is 0 Å². The van der Waals surface area contributed by atoms with Gasteiger partial charge in [-0.05, 0) is 39.8 Å². The van der Waals surface area contributed by atoms with E-state index in [4.69, 9.17) is 4.99 Å². The van der Waals surface area contributed by atoms with Gasteiger partial charge >= 0.3 is 0 Å². The second kappa shape index (κ2) is 12.8. The van der Waals surface area contributed by atoms with Gasteiger partial charge in [-0.1, -0.05) is 26.7 Å². The van der Waals surface area contributed by atoms with Crippen molar-refractivity contribution in [2.75, 3.05) is 46.8 Å². The summed E-state index contributed by atoms with van der Waals surface area (Å²) in [4.78, 5) is 21.6. The van der Waals surface area contributed by atoms with Crippen LogP contribution in [0.1, 0.15) is 53.4 Å². The molecule has 1 saturated carbocycles. The minimum absolute atomic E-state index is 0. The number of aliphatic imine (C=N–C) groups is 1. The first kappa shape index (κ1) is 25.4. The van der Waals surface area contributed by atoms with Crippen LogP contribution in [-0.2, 0) is 4.79 Å². The van der Waals surface area contributed by atoms with Crippen LogP contribution >= 0.6 is 24.0 Å². The highest BCUT2D eigenvalue weighted by Gasteiger charge is 2.42. The highest BCUT2D eigenvalue weighted by molar-refractivity contribution is 14.0. The summed E-state index contributed by atoms with van der Waals surface area (Å²) in [6, 6.07) is 0.447. The molecule has 1 unspecified atom stereocenters. The molecule has 0 aromatic rings. The number of carbonyl (C=O) groups excluding carboxylic acids is 1. The van der Waals surface area contributed by atoms with Gasteiger partial charge in [-0.3, -0.25) is 14.7 Å². The molecule has 0 aromatic carbocycles. The molecule has 1 amide bonds. The number of nitrogens with one attached hydrogen (secondary N) is 2. The summed E-state index contributed by atoms with van der Waals surface area (Å²) in [6.45, 7) is 13.0. The Bertz CT molecular complexity index is 432. The van der Waals surface area contributed by atoms with Crippen LogP contribution in [0.2, 0.25) is 0 Å². The van der Waals surface area contributed by atoms with E-state index in [2.05, 4.69) is 43.2 Å². The molecule has 1 aliphatic carbocycles. The minimum Gasteiger partial charge on any atom is -0.357 e. The van der Waals surface area contributed by atoms with Crippen LogP contribution in [0.3, 0.4) is 0 Å². The van der Waals surface area contributed by atoms with Gasteiger partial charge in [-0.2, -0.15) is 0 Å². The predicted molar refractivity (Wildman–Crippen MR) is 121 cm³/mol. The van der Waals surface area contributed by atoms with E-state index < -0.39 is 0 Å². The quantitative estimate of drug-likeness (QED) is 0.302. The van der Waals surface area contributed by atoms with E-state index in [9.17, 15) is 4.79 Å². The number of carbonyl (C=O) groups is 1. The zero-order valence-electron chi connectivity index (χ0n) is 17.6. The van der Waals surface area contributed by atoms with Crippen molar-refractivity contribution in [1.82, 2.24) is 20.4 Å². The van der Waals surface area contributed by atoms with Gasteiger partial charge in [0.15, 0.2) is 5.96 Å². The van der Waals surface area contributed by atoms with Gasteiger partial charge in [0.2, 0.25) is 5.91 Å². The molecule has 0 heterocycles. The normalized spacial score (nSPS) is 17.6. The summed E-state index contributed by atoms with van der Waals surface area (Å²) >= 11 is 0. The third-order valence-electron chi connectivity index (χ3n) is 5.31. The van der Waals surface area contributed by atoms with E-state index in [1.165, 1.54) is 0 Å². The molecule has 26 heavy (non-hydrogen) atoms. The van der Waals surface area contributed by atoms with Crippen molar-refractivity contribution in [2.24, 2.45) is 10.4 Å². The van der Waals surface area contributed by atoms with Crippen molar-refractivity contribution in [1.29, 1.82) is 0 Å². The molecule has 1 atom stereocenters. The summed E-state index contributed by atoms with van der Waals surface area (Å²) in [5, 5.41) is 6.77. The monoisotopic (exact) mass is 481 g/mol. The second-order valence-electron chi connectivity index (χ2n) is 7.33. The number of amides is 1. The number of rotatable bonds is 9. The molecule has 1 fully saturated rings. The van der Waals surface area contributed by atoms with Crippen molar-refractivity contribution in [3.8, 4) is 0 Å². The van der Waals surface area contributed by atoms with Crippen LogP contribution in [0.5, 0.6) is 0 Å². The molecule has 1 rings (SSSR count). The number of halogens is 1. The van der Waals surface area contributed by atoms with Crippen molar-refractivity contribution >= 4 is 35.8 Å². The molecular formula is C19H40IN5O. The van der Waals surface area contributed by atoms with Gasteiger partial charge < -0.3 is 15.5 Å². The topological polar surface area (TPSA) is 60.0 Å². The fourth-order valence-corrected chi connectivity index (χ4v) is 3.76. The summed E-state index contributed by atoms with van der Waals surface area (Å²) in [6.07, 6.45) is 4.14. The van der Waals surface area contributed by atoms with E-state index in [0.717, 1.165) is 57.8 Å². The number of nitrogens with zero attached hydrogens (tertiary/aromatic N) is 3. The maximum Gasteiger partial charge on any atom is 0.230 e. The highest BCUT2D eigenvalue weighted by atomic mass is 127. The van der Waals surface area contributed by atoms with Gasteiger partial charge in [0.1, 0.15) is 0 Å². The molecule has 0 spiro atoms. The third kappa shape index (κ3) is 7.21. The lowest BCUT2D eigenvalue weighted by Gasteiger charge is -2.30. The van der Waals surface area contributed by atoms with E-state index in [1.807, 2.05) is 14.1 Å². The zero-order chi connectivity index (χ0) is 18.9. The molecule has 0 saturated heterocycles. The van der Waals surface area contributed by atoms with Crippen molar-refractivity contribution < 1.29 is 4.79 Å². The van der Waals surface area contributed by atoms with Crippen LogP contribution in [0.15, 0.2) is 4.99 Å². The fraction of sp³-hybridized carbons (Fsp3) is 0.895. The van der Waals surface area contributed by atoms with Crippen molar-refractivity contribution in [2.45, 2.75) is 59.4 Å². The molecule has 2 N–H and O–H groups in total. The zero-order valence-corrected chi connectivity index (χ0v) is 19.9. The van der Waals surface area contributed by atoms with E-state index in [1.54, 1.807) is 4.90 Å². The maximum atomic E-state index is 12.7. The number of guanidine groups is 1. The first-order chi connectivity index (χ1) is 11.9. The largest absolute Gasteiger partial charge is 0.357 e. The Hall–Kier alpha value is -0.570. The molecule has 0 aromatic heterocycles. The Balaban J connectivity index is 0.00000625. The first-order valence-electron chi connectivity index (χ1n) is 9.88. The Kier molecular flexibility index (Phi) is 12.5. The Labute approximate surface area is 177 Å². The van der Waals surface area contributed by atoms with E-state index in [-0.39, 0.29) is 35.3 Å². The second-order valence-corrected chi connectivity index (χ2v) is 7.33. The van der Waals surface area contributed by atoms with Gasteiger partial charge in [0.05, 0.1) is 12.0 Å². The SMILES string of the molecule is CCNC(=NCC1(C(=O)N(C)C)CCCC1)NCC(C)N(CC)CC.I. The molecule has 154 valence electrons. The number of likely N-dealkylation sites (N-methyl/N-ethyl adjacent to an activating group) is 1. The summed E-state index contributed by atoms with van der Waals surface area (Å²) in [5.74, 6) is 1.04. The van der Waals surface area contributed by atoms with Crippen LogP contribution in [-0.4, -0.2) is 74.5 Å². The van der Waals surface area contributed by atoms with E-state index >= 15 is 0 Å². The number of hydrogen-bond acceptors (Lipinski definition) is 3. The average molecular weight is 481 g/mol. The average Bonchev–Trinajstić information content (AvgIpc) is 3.07. The van der Waals surface area contributed by atoms with Crippen LogP contribution in [0.25, 0.3) is 0 Å². The molecule has 0 bridgehead atoms. The maximum absolute atomic E-state index is 12.7. The summed E-state index contributed by atoms with van der Waals surface area (Å²) in [5.41, 5.74) is -0.309. The minimum atomic E-state index is -0.309. The molecule has 6 nitrogen and oxygen atoms in total. The van der Waals surface area contributed by atoms with Gasteiger partial charge in [0.25, 0.3) is 0 Å². The smallest absolute Gasteiger partial charge is 0.230 e. The fourth-order valence-electron chi connectivity index (χ4n) is 3.76. The Morgan fingerprint density at radius 2 is 1.69 bits per heavy atom. The summed E-state index contributed by atoms with van der Waals surface area (Å²) < 4.78 is 0. The van der Waals surface area contributed by atoms with Crippen molar-refractivity contribution in [3.05, 3.63) is 0 Å². The van der Waals surface area contributed by atoms with Gasteiger partial charge in [0, 0.05) is 33.2 Å². The number of hydrogen-bond donors (Lipinski definition) is 2. The predicted octanol–water partition coefficient (Wildman–Crippen LogP) is 2.54.